The number of aliphatic hydroxyl groups excluding tert-OH is 1. The fourth-order valence-electron chi connectivity index (χ4n) is 3.92. The number of rotatable bonds is 5. The number of carbonyl (C=O) groups is 1. The van der Waals surface area contributed by atoms with Crippen LogP contribution < -0.4 is 5.43 Å². The zero-order chi connectivity index (χ0) is 24.7. The van der Waals surface area contributed by atoms with Gasteiger partial charge in [-0.1, -0.05) is 30.3 Å². The molecule has 0 spiro atoms. The Morgan fingerprint density at radius 3 is 2.29 bits per heavy atom. The van der Waals surface area contributed by atoms with Crippen LogP contribution in [0.25, 0.3) is 33.1 Å². The van der Waals surface area contributed by atoms with E-state index in [0.29, 0.717) is 0 Å². The molecule has 0 aliphatic rings. The van der Waals surface area contributed by atoms with E-state index in [-0.39, 0.29) is 38.6 Å². The van der Waals surface area contributed by atoms with Crippen LogP contribution in [0.15, 0.2) is 88.6 Å². The number of alkyl halides is 2. The van der Waals surface area contributed by atoms with Gasteiger partial charge in [0.05, 0.1) is 5.39 Å². The number of aromatic nitrogens is 2. The second-order valence-corrected chi connectivity index (χ2v) is 7.80. The number of fused-ring (bicyclic) bond motifs is 3. The van der Waals surface area contributed by atoms with E-state index < -0.39 is 34.6 Å². The number of ketones is 1. The number of Topliss-reactive ketones (excluding diaryl/α,β-unsaturated/α-hetero) is 1. The molecule has 1 atom stereocenters. The van der Waals surface area contributed by atoms with Crippen molar-refractivity contribution in [2.75, 3.05) is 0 Å². The number of carbonyl (C=O) groups excluding carboxylic acids is 1. The number of aliphatic hydroxyl groups is 1. The van der Waals surface area contributed by atoms with Crippen molar-refractivity contribution < 1.29 is 27.5 Å². The smallest absolute Gasteiger partial charge is 0.339 e. The molecule has 5 aromatic rings. The van der Waals surface area contributed by atoms with Crippen molar-refractivity contribution in [1.29, 1.82) is 0 Å². The summed E-state index contributed by atoms with van der Waals surface area (Å²) >= 11 is 0. The lowest BCUT2D eigenvalue weighted by Gasteiger charge is -2.22. The van der Waals surface area contributed by atoms with E-state index in [1.165, 1.54) is 61.1 Å². The van der Waals surface area contributed by atoms with Gasteiger partial charge < -0.3 is 9.52 Å². The van der Waals surface area contributed by atoms with Crippen LogP contribution >= 0.6 is 0 Å². The second-order valence-electron chi connectivity index (χ2n) is 7.80. The SMILES string of the molecule is O=C(c1cc2c(=O)c(F)c(-c3cccnc3)oc2c2ccccc12)C(F)(F)C(O)c1cccnc1. The minimum atomic E-state index is -4.27. The molecule has 6 nitrogen and oxygen atoms in total. The van der Waals surface area contributed by atoms with Gasteiger partial charge in [-0.25, -0.2) is 0 Å². The Hall–Kier alpha value is -4.37. The molecule has 0 fully saturated rings. The van der Waals surface area contributed by atoms with Gasteiger partial charge in [0.25, 0.3) is 0 Å². The fraction of sp³-hybridized carbons (Fsp3) is 0.0769. The van der Waals surface area contributed by atoms with E-state index in [4.69, 9.17) is 4.42 Å². The molecule has 0 saturated heterocycles. The predicted molar refractivity (Wildman–Crippen MR) is 122 cm³/mol. The number of hydrogen-bond donors (Lipinski definition) is 1. The molecule has 9 heteroatoms. The van der Waals surface area contributed by atoms with Gasteiger partial charge >= 0.3 is 5.92 Å². The third-order valence-electron chi connectivity index (χ3n) is 5.66. The van der Waals surface area contributed by atoms with Crippen LogP contribution in [0.3, 0.4) is 0 Å². The van der Waals surface area contributed by atoms with E-state index in [2.05, 4.69) is 9.97 Å². The zero-order valence-electron chi connectivity index (χ0n) is 17.8. The molecular formula is C26H15F3N2O4. The molecule has 3 heterocycles. The summed E-state index contributed by atoms with van der Waals surface area (Å²) in [6.45, 7) is 0. The number of pyridine rings is 2. The molecule has 0 saturated carbocycles. The van der Waals surface area contributed by atoms with Crippen molar-refractivity contribution in [3.63, 3.8) is 0 Å². The molecule has 0 radical (unpaired) electrons. The highest BCUT2D eigenvalue weighted by Gasteiger charge is 2.48. The minimum absolute atomic E-state index is 0.0509. The Labute approximate surface area is 195 Å². The fourth-order valence-corrected chi connectivity index (χ4v) is 3.92. The first-order chi connectivity index (χ1) is 16.8. The topological polar surface area (TPSA) is 93.3 Å². The summed E-state index contributed by atoms with van der Waals surface area (Å²) in [6.07, 6.45) is 2.65. The van der Waals surface area contributed by atoms with Crippen LogP contribution in [-0.2, 0) is 0 Å². The maximum absolute atomic E-state index is 15.2. The van der Waals surface area contributed by atoms with Crippen LogP contribution in [0.2, 0.25) is 0 Å². The molecule has 174 valence electrons. The number of nitrogens with zero attached hydrogens (tertiary/aromatic N) is 2. The van der Waals surface area contributed by atoms with Gasteiger partial charge in [-0.2, -0.15) is 13.2 Å². The monoisotopic (exact) mass is 476 g/mol. The van der Waals surface area contributed by atoms with E-state index in [1.54, 1.807) is 6.07 Å². The highest BCUT2D eigenvalue weighted by atomic mass is 19.3. The summed E-state index contributed by atoms with van der Waals surface area (Å²) in [5, 5.41) is 10.1. The maximum Gasteiger partial charge on any atom is 0.339 e. The normalized spacial score (nSPS) is 12.7. The summed E-state index contributed by atoms with van der Waals surface area (Å²) in [4.78, 5) is 33.6. The van der Waals surface area contributed by atoms with Gasteiger partial charge in [-0.3, -0.25) is 19.6 Å². The van der Waals surface area contributed by atoms with Crippen LogP contribution in [0.4, 0.5) is 13.2 Å². The van der Waals surface area contributed by atoms with Gasteiger partial charge in [-0.05, 0) is 29.7 Å². The van der Waals surface area contributed by atoms with Crippen molar-refractivity contribution in [3.8, 4) is 11.3 Å². The molecule has 0 aliphatic heterocycles. The van der Waals surface area contributed by atoms with Gasteiger partial charge in [0, 0.05) is 46.9 Å². The first kappa shape index (κ1) is 22.4. The Morgan fingerprint density at radius 2 is 1.63 bits per heavy atom. The van der Waals surface area contributed by atoms with Crippen molar-refractivity contribution >= 4 is 27.5 Å². The van der Waals surface area contributed by atoms with Crippen LogP contribution in [0.1, 0.15) is 22.0 Å². The van der Waals surface area contributed by atoms with Crippen molar-refractivity contribution in [1.82, 2.24) is 9.97 Å². The molecule has 0 bridgehead atoms. The van der Waals surface area contributed by atoms with Gasteiger partial charge in [0.1, 0.15) is 5.58 Å². The zero-order valence-corrected chi connectivity index (χ0v) is 17.8. The number of hydrogen-bond acceptors (Lipinski definition) is 6. The Balaban J connectivity index is 1.75. The predicted octanol–water partition coefficient (Wildman–Crippen LogP) is 5.09. The molecule has 2 aromatic carbocycles. The summed E-state index contributed by atoms with van der Waals surface area (Å²) in [6, 6.07) is 12.4. The summed E-state index contributed by atoms with van der Waals surface area (Å²) < 4.78 is 51.1. The van der Waals surface area contributed by atoms with E-state index >= 15 is 13.2 Å². The highest BCUT2D eigenvalue weighted by Crippen LogP contribution is 2.38. The van der Waals surface area contributed by atoms with Gasteiger partial charge in [0.2, 0.25) is 17.0 Å². The Bertz CT molecular complexity index is 1640. The molecule has 0 amide bonds. The van der Waals surface area contributed by atoms with Gasteiger partial charge in [-0.15, -0.1) is 0 Å². The maximum atomic E-state index is 15.2. The molecule has 0 aliphatic carbocycles. The first-order valence-corrected chi connectivity index (χ1v) is 10.4. The largest absolute Gasteiger partial charge is 0.452 e. The third kappa shape index (κ3) is 3.66. The van der Waals surface area contributed by atoms with Crippen molar-refractivity contribution in [3.05, 3.63) is 107 Å². The van der Waals surface area contributed by atoms with Gasteiger partial charge in [0.15, 0.2) is 11.9 Å². The van der Waals surface area contributed by atoms with E-state index in [0.717, 1.165) is 12.3 Å². The summed E-state index contributed by atoms with van der Waals surface area (Å²) in [5.41, 5.74) is -1.80. The lowest BCUT2D eigenvalue weighted by molar-refractivity contribution is -0.0792. The van der Waals surface area contributed by atoms with Crippen LogP contribution in [0, 0.1) is 5.82 Å². The number of benzene rings is 2. The lowest BCUT2D eigenvalue weighted by Crippen LogP contribution is -2.36. The third-order valence-corrected chi connectivity index (χ3v) is 5.66. The van der Waals surface area contributed by atoms with Crippen molar-refractivity contribution in [2.45, 2.75) is 12.0 Å². The number of halogens is 3. The Kier molecular flexibility index (Phi) is 5.41. The molecule has 3 aromatic heterocycles. The van der Waals surface area contributed by atoms with Crippen molar-refractivity contribution in [2.24, 2.45) is 0 Å². The quantitative estimate of drug-likeness (QED) is 0.281. The standard InChI is InChI=1S/C26H15F3N2O4/c27-20-21(32)19-11-18(25(34)26(28,29)24(33)15-6-4-10-31-13-15)16-7-1-2-8-17(16)23(19)35-22(20)14-5-3-9-30-12-14/h1-13,24,33H. The van der Waals surface area contributed by atoms with Crippen LogP contribution in [-0.4, -0.2) is 26.8 Å². The summed E-state index contributed by atoms with van der Waals surface area (Å²) in [7, 11) is 0. The average Bonchev–Trinajstić information content (AvgIpc) is 2.90. The molecule has 5 rings (SSSR count). The Morgan fingerprint density at radius 1 is 0.943 bits per heavy atom. The lowest BCUT2D eigenvalue weighted by atomic mass is 9.92. The van der Waals surface area contributed by atoms with E-state index in [9.17, 15) is 14.7 Å². The summed E-state index contributed by atoms with van der Waals surface area (Å²) in [5.74, 6) is -7.62. The molecule has 1 unspecified atom stereocenters. The first-order valence-electron chi connectivity index (χ1n) is 10.4. The minimum Gasteiger partial charge on any atom is -0.452 e. The average molecular weight is 476 g/mol. The molecule has 35 heavy (non-hydrogen) atoms. The van der Waals surface area contributed by atoms with E-state index in [1.807, 2.05) is 0 Å². The molecular weight excluding hydrogens is 461 g/mol. The highest BCUT2D eigenvalue weighted by molar-refractivity contribution is 6.18. The second kappa shape index (κ2) is 8.44. The van der Waals surface area contributed by atoms with Crippen LogP contribution in [0.5, 0.6) is 0 Å². The molecule has 1 N–H and O–H groups in total.